The number of benzene rings is 2. The lowest BCUT2D eigenvalue weighted by Crippen LogP contribution is -2.02. The molecule has 4 aromatic rings. The summed E-state index contributed by atoms with van der Waals surface area (Å²) in [7, 11) is 1.59. The highest BCUT2D eigenvalue weighted by Gasteiger charge is 2.14. The third-order valence-electron chi connectivity index (χ3n) is 3.62. The van der Waals surface area contributed by atoms with E-state index in [0.29, 0.717) is 27.0 Å². The van der Waals surface area contributed by atoms with Crippen molar-refractivity contribution in [1.29, 1.82) is 0 Å². The first-order valence-corrected chi connectivity index (χ1v) is 8.32. The Balaban J connectivity index is 1.72. The smallest absolute Gasteiger partial charge is 0.346 e. The number of methoxy groups -OCH3 is 1. The molecule has 0 unspecified atom stereocenters. The fourth-order valence-electron chi connectivity index (χ4n) is 2.41. The largest absolute Gasteiger partial charge is 0.497 e. The number of hydrogen-bond donors (Lipinski definition) is 1. The van der Waals surface area contributed by atoms with Crippen molar-refractivity contribution in [2.75, 3.05) is 12.4 Å². The van der Waals surface area contributed by atoms with E-state index in [4.69, 9.17) is 9.15 Å². The van der Waals surface area contributed by atoms with Crippen molar-refractivity contribution in [1.82, 2.24) is 10.2 Å². The molecule has 25 heavy (non-hydrogen) atoms. The van der Waals surface area contributed by atoms with Crippen molar-refractivity contribution in [2.45, 2.75) is 0 Å². The molecule has 0 radical (unpaired) electrons. The van der Waals surface area contributed by atoms with E-state index in [1.807, 2.05) is 36.4 Å². The normalized spacial score (nSPS) is 10.8. The molecule has 2 heterocycles. The quantitative estimate of drug-likeness (QED) is 0.559. The van der Waals surface area contributed by atoms with Gasteiger partial charge in [0.05, 0.1) is 12.7 Å². The molecule has 0 amide bonds. The van der Waals surface area contributed by atoms with Gasteiger partial charge in [0.1, 0.15) is 11.3 Å². The molecule has 124 valence electrons. The molecule has 4 rings (SSSR count). The summed E-state index contributed by atoms with van der Waals surface area (Å²) in [5.74, 6) is 0.691. The van der Waals surface area contributed by atoms with Gasteiger partial charge in [-0.05, 0) is 36.4 Å². The predicted molar refractivity (Wildman–Crippen MR) is 97.7 cm³/mol. The van der Waals surface area contributed by atoms with Crippen molar-refractivity contribution < 1.29 is 9.15 Å². The lowest BCUT2D eigenvalue weighted by Gasteiger charge is -2.02. The number of nitrogens with zero attached hydrogens (tertiary/aromatic N) is 2. The first-order chi connectivity index (χ1) is 12.2. The SMILES string of the molecule is COc1ccc2oc(=O)c(-c3nnc(Nc4ccccc4)s3)cc2c1. The van der Waals surface area contributed by atoms with Gasteiger partial charge in [-0.25, -0.2) is 4.79 Å². The molecule has 2 aromatic carbocycles. The van der Waals surface area contributed by atoms with E-state index in [1.54, 1.807) is 25.3 Å². The Morgan fingerprint density at radius 2 is 1.92 bits per heavy atom. The molecule has 0 fully saturated rings. The second-order valence-electron chi connectivity index (χ2n) is 5.25. The van der Waals surface area contributed by atoms with E-state index < -0.39 is 5.63 Å². The Kier molecular flexibility index (Phi) is 3.91. The number of ether oxygens (including phenoxy) is 1. The Labute approximate surface area is 146 Å². The molecule has 7 heteroatoms. The topological polar surface area (TPSA) is 77.2 Å². The van der Waals surface area contributed by atoms with Crippen LogP contribution in [0.25, 0.3) is 21.5 Å². The van der Waals surface area contributed by atoms with Gasteiger partial charge in [-0.3, -0.25) is 0 Å². The van der Waals surface area contributed by atoms with Crippen LogP contribution in [0.1, 0.15) is 0 Å². The Morgan fingerprint density at radius 3 is 2.72 bits per heavy atom. The summed E-state index contributed by atoms with van der Waals surface area (Å²) in [4.78, 5) is 12.3. The molecule has 0 aliphatic heterocycles. The van der Waals surface area contributed by atoms with E-state index in [-0.39, 0.29) is 0 Å². The van der Waals surface area contributed by atoms with Crippen molar-refractivity contribution in [3.63, 3.8) is 0 Å². The maximum Gasteiger partial charge on any atom is 0.346 e. The molecule has 2 aromatic heterocycles. The van der Waals surface area contributed by atoms with Crippen molar-refractivity contribution >= 4 is 33.1 Å². The molecule has 6 nitrogen and oxygen atoms in total. The lowest BCUT2D eigenvalue weighted by atomic mass is 10.2. The van der Waals surface area contributed by atoms with Gasteiger partial charge in [-0.15, -0.1) is 10.2 Å². The number of rotatable bonds is 4. The standard InChI is InChI=1S/C18H13N3O3S/c1-23-13-7-8-15-11(9-13)10-14(17(22)24-15)16-20-21-18(25-16)19-12-5-3-2-4-6-12/h2-10H,1H3,(H,19,21). The number of fused-ring (bicyclic) bond motifs is 1. The highest BCUT2D eigenvalue weighted by molar-refractivity contribution is 7.18. The second kappa shape index (κ2) is 6.37. The van der Waals surface area contributed by atoms with Crippen LogP contribution in [-0.4, -0.2) is 17.3 Å². The van der Waals surface area contributed by atoms with Crippen LogP contribution in [-0.2, 0) is 0 Å². The Bertz CT molecular complexity index is 1090. The molecular weight excluding hydrogens is 338 g/mol. The highest BCUT2D eigenvalue weighted by atomic mass is 32.1. The molecule has 0 saturated heterocycles. The minimum Gasteiger partial charge on any atom is -0.497 e. The minimum atomic E-state index is -0.444. The van der Waals surface area contributed by atoms with E-state index in [1.165, 1.54) is 11.3 Å². The van der Waals surface area contributed by atoms with E-state index in [9.17, 15) is 4.79 Å². The summed E-state index contributed by atoms with van der Waals surface area (Å²) in [6, 6.07) is 16.7. The third-order valence-corrected chi connectivity index (χ3v) is 4.49. The average Bonchev–Trinajstić information content (AvgIpc) is 3.10. The van der Waals surface area contributed by atoms with Crippen LogP contribution >= 0.6 is 11.3 Å². The van der Waals surface area contributed by atoms with Gasteiger partial charge < -0.3 is 14.5 Å². The fourth-order valence-corrected chi connectivity index (χ4v) is 3.17. The summed E-state index contributed by atoms with van der Waals surface area (Å²) in [5.41, 5.74) is 1.33. The van der Waals surface area contributed by atoms with Crippen LogP contribution < -0.4 is 15.7 Å². The van der Waals surface area contributed by atoms with Gasteiger partial charge in [-0.2, -0.15) is 0 Å². The van der Waals surface area contributed by atoms with E-state index in [2.05, 4.69) is 15.5 Å². The van der Waals surface area contributed by atoms with Crippen LogP contribution in [0.3, 0.4) is 0 Å². The average molecular weight is 351 g/mol. The van der Waals surface area contributed by atoms with Crippen LogP contribution in [0.2, 0.25) is 0 Å². The van der Waals surface area contributed by atoms with Gasteiger partial charge in [-0.1, -0.05) is 29.5 Å². The number of para-hydroxylation sites is 1. The zero-order chi connectivity index (χ0) is 17.2. The maximum absolute atomic E-state index is 12.3. The zero-order valence-corrected chi connectivity index (χ0v) is 14.0. The van der Waals surface area contributed by atoms with Crippen LogP contribution in [0.5, 0.6) is 5.75 Å². The summed E-state index contributed by atoms with van der Waals surface area (Å²) in [6.45, 7) is 0. The maximum atomic E-state index is 12.3. The number of anilines is 2. The second-order valence-corrected chi connectivity index (χ2v) is 6.23. The Hall–Kier alpha value is -3.19. The fraction of sp³-hybridized carbons (Fsp3) is 0.0556. The van der Waals surface area contributed by atoms with Gasteiger partial charge in [0.25, 0.3) is 0 Å². The van der Waals surface area contributed by atoms with Crippen molar-refractivity contribution in [3.05, 3.63) is 65.0 Å². The molecular formula is C18H13N3O3S. The lowest BCUT2D eigenvalue weighted by molar-refractivity contribution is 0.415. The van der Waals surface area contributed by atoms with Crippen LogP contribution in [0.15, 0.2) is 63.8 Å². The molecule has 1 N–H and O–H groups in total. The number of hydrogen-bond acceptors (Lipinski definition) is 7. The molecule has 0 spiro atoms. The summed E-state index contributed by atoms with van der Waals surface area (Å²) >= 11 is 1.29. The molecule has 0 bridgehead atoms. The molecule has 0 saturated carbocycles. The van der Waals surface area contributed by atoms with Gasteiger partial charge >= 0.3 is 5.63 Å². The molecule has 0 atom stereocenters. The first kappa shape index (κ1) is 15.3. The summed E-state index contributed by atoms with van der Waals surface area (Å²) in [5, 5.41) is 13.2. The number of nitrogens with one attached hydrogen (secondary N) is 1. The van der Waals surface area contributed by atoms with Gasteiger partial charge in [0.15, 0.2) is 5.01 Å². The van der Waals surface area contributed by atoms with Gasteiger partial charge in [0.2, 0.25) is 5.13 Å². The van der Waals surface area contributed by atoms with Gasteiger partial charge in [0, 0.05) is 11.1 Å². The summed E-state index contributed by atoms with van der Waals surface area (Å²) in [6.07, 6.45) is 0. The van der Waals surface area contributed by atoms with Crippen LogP contribution in [0, 0.1) is 0 Å². The monoisotopic (exact) mass is 351 g/mol. The zero-order valence-electron chi connectivity index (χ0n) is 13.2. The molecule has 0 aliphatic carbocycles. The number of aromatic nitrogens is 2. The molecule has 0 aliphatic rings. The van der Waals surface area contributed by atoms with E-state index >= 15 is 0 Å². The highest BCUT2D eigenvalue weighted by Crippen LogP contribution is 2.29. The predicted octanol–water partition coefficient (Wildman–Crippen LogP) is 4.06. The van der Waals surface area contributed by atoms with Crippen molar-refractivity contribution in [2.24, 2.45) is 0 Å². The first-order valence-electron chi connectivity index (χ1n) is 7.51. The van der Waals surface area contributed by atoms with E-state index in [0.717, 1.165) is 11.1 Å². The third kappa shape index (κ3) is 3.09. The van der Waals surface area contributed by atoms with Crippen molar-refractivity contribution in [3.8, 4) is 16.3 Å². The minimum absolute atomic E-state index is 0.374. The Morgan fingerprint density at radius 1 is 1.08 bits per heavy atom. The summed E-state index contributed by atoms with van der Waals surface area (Å²) < 4.78 is 10.6. The van der Waals surface area contributed by atoms with Crippen LogP contribution in [0.4, 0.5) is 10.8 Å².